The van der Waals surface area contributed by atoms with Crippen molar-refractivity contribution in [2.75, 3.05) is 113 Å². The Hall–Kier alpha value is -2.92. The van der Waals surface area contributed by atoms with Crippen molar-refractivity contribution in [1.29, 1.82) is 0 Å². The molecule has 0 saturated carbocycles. The van der Waals surface area contributed by atoms with Gasteiger partial charge in [-0.25, -0.2) is 0 Å². The molecule has 52 heavy (non-hydrogen) atoms. The van der Waals surface area contributed by atoms with Gasteiger partial charge in [-0.05, 0) is 41.5 Å². The zero-order chi connectivity index (χ0) is 38.9. The minimum absolute atomic E-state index is 0.000337. The molecule has 17 heteroatoms. The molecule has 0 heterocycles. The highest BCUT2D eigenvalue weighted by Crippen LogP contribution is 2.09. The fraction of sp³-hybridized carbons (Fsp3) is 0.829. The van der Waals surface area contributed by atoms with E-state index in [1.807, 2.05) is 46.4 Å². The van der Waals surface area contributed by atoms with E-state index in [0.29, 0.717) is 59.2 Å². The van der Waals surface area contributed by atoms with Crippen LogP contribution in [0.5, 0.6) is 0 Å². The number of hydrogen-bond donors (Lipinski definition) is 2. The van der Waals surface area contributed by atoms with Crippen LogP contribution in [0.2, 0.25) is 0 Å². The van der Waals surface area contributed by atoms with Crippen LogP contribution in [0.15, 0.2) is 0 Å². The van der Waals surface area contributed by atoms with Crippen molar-refractivity contribution in [3.8, 4) is 12.3 Å². The second-order valence-electron chi connectivity index (χ2n) is 13.1. The molecule has 0 unspecified atom stereocenters. The van der Waals surface area contributed by atoms with Crippen molar-refractivity contribution in [3.05, 3.63) is 0 Å². The lowest BCUT2D eigenvalue weighted by molar-refractivity contribution is -0.157. The molecule has 0 aliphatic rings. The smallest absolute Gasteiger partial charge is 0.308 e. The summed E-state index contributed by atoms with van der Waals surface area (Å²) < 4.78 is 52.6. The fourth-order valence-electron chi connectivity index (χ4n) is 3.70. The maximum Gasteiger partial charge on any atom is 0.308 e. The average molecular weight is 750 g/mol. The SMILES string of the molecule is C#CCN(CCC(=O)NCCOCOCOCCOCCC(=O)OC(C)(C)C)CCC(=O)NCCOCOCOCCOCCC(=O)OC(C)(C)C. The highest BCUT2D eigenvalue weighted by molar-refractivity contribution is 5.76. The predicted molar refractivity (Wildman–Crippen MR) is 189 cm³/mol. The van der Waals surface area contributed by atoms with Gasteiger partial charge in [-0.15, -0.1) is 6.42 Å². The number of ether oxygens (including phenoxy) is 10. The fourth-order valence-corrected chi connectivity index (χ4v) is 3.70. The molecule has 2 amide bonds. The molecule has 2 N–H and O–H groups in total. The van der Waals surface area contributed by atoms with Crippen LogP contribution in [0, 0.1) is 12.3 Å². The summed E-state index contributed by atoms with van der Waals surface area (Å²) >= 11 is 0. The van der Waals surface area contributed by atoms with Crippen LogP contribution < -0.4 is 10.6 Å². The lowest BCUT2D eigenvalue weighted by Crippen LogP contribution is -2.35. The minimum atomic E-state index is -0.513. The van der Waals surface area contributed by atoms with Gasteiger partial charge in [0.25, 0.3) is 0 Å². The van der Waals surface area contributed by atoms with Crippen molar-refractivity contribution in [2.24, 2.45) is 0 Å². The zero-order valence-electron chi connectivity index (χ0n) is 32.1. The van der Waals surface area contributed by atoms with Crippen LogP contribution in [0.4, 0.5) is 0 Å². The molecule has 0 atom stereocenters. The van der Waals surface area contributed by atoms with E-state index < -0.39 is 11.2 Å². The van der Waals surface area contributed by atoms with E-state index in [-0.39, 0.29) is 103 Å². The molecule has 302 valence electrons. The van der Waals surface area contributed by atoms with E-state index >= 15 is 0 Å². The Balaban J connectivity index is 3.66. The Bertz CT molecular complexity index is 925. The van der Waals surface area contributed by atoms with Gasteiger partial charge in [0.2, 0.25) is 11.8 Å². The van der Waals surface area contributed by atoms with Gasteiger partial charge < -0.3 is 58.0 Å². The monoisotopic (exact) mass is 749 g/mol. The molecule has 0 saturated heterocycles. The van der Waals surface area contributed by atoms with E-state index in [2.05, 4.69) is 16.6 Å². The van der Waals surface area contributed by atoms with Crippen molar-refractivity contribution in [3.63, 3.8) is 0 Å². The Kier molecular flexibility index (Phi) is 29.8. The Morgan fingerprint density at radius 1 is 0.519 bits per heavy atom. The first-order valence-corrected chi connectivity index (χ1v) is 17.5. The van der Waals surface area contributed by atoms with Crippen LogP contribution in [0.25, 0.3) is 0 Å². The minimum Gasteiger partial charge on any atom is -0.460 e. The number of carbonyl (C=O) groups excluding carboxylic acids is 4. The van der Waals surface area contributed by atoms with Gasteiger partial charge in [-0.1, -0.05) is 5.92 Å². The topological polar surface area (TPSA) is 188 Å². The maximum absolute atomic E-state index is 12.2. The third kappa shape index (κ3) is 36.9. The molecule has 0 aliphatic heterocycles. The lowest BCUT2D eigenvalue weighted by Gasteiger charge is -2.19. The average Bonchev–Trinajstić information content (AvgIpc) is 3.05. The number of hydrogen-bond acceptors (Lipinski definition) is 15. The summed E-state index contributed by atoms with van der Waals surface area (Å²) in [6.45, 7) is 14.9. The van der Waals surface area contributed by atoms with Gasteiger partial charge in [-0.2, -0.15) is 0 Å². The second-order valence-corrected chi connectivity index (χ2v) is 13.1. The van der Waals surface area contributed by atoms with Gasteiger partial charge in [0.1, 0.15) is 38.4 Å². The number of nitrogens with zero attached hydrogens (tertiary/aromatic N) is 1. The van der Waals surface area contributed by atoms with Crippen LogP contribution in [0.3, 0.4) is 0 Å². The van der Waals surface area contributed by atoms with E-state index in [4.69, 9.17) is 53.8 Å². The predicted octanol–water partition coefficient (Wildman–Crippen LogP) is 1.36. The Morgan fingerprint density at radius 3 is 1.25 bits per heavy atom. The first kappa shape index (κ1) is 49.1. The van der Waals surface area contributed by atoms with Gasteiger partial charge >= 0.3 is 11.9 Å². The normalized spacial score (nSPS) is 11.7. The molecule has 0 aliphatic carbocycles. The Labute approximate surface area is 309 Å². The van der Waals surface area contributed by atoms with E-state index in [0.717, 1.165) is 0 Å². The highest BCUT2D eigenvalue weighted by atomic mass is 16.7. The van der Waals surface area contributed by atoms with Crippen molar-refractivity contribution >= 4 is 23.8 Å². The largest absolute Gasteiger partial charge is 0.460 e. The lowest BCUT2D eigenvalue weighted by atomic mass is 10.2. The summed E-state index contributed by atoms with van der Waals surface area (Å²) in [5.41, 5.74) is -1.03. The standard InChI is InChI=1S/C35H63N3O14/c1-8-15-38(16-9-30(39)36-13-20-45-26-49-28-47-24-22-43-18-11-32(41)51-34(2,3)4)17-10-31(40)37-14-21-46-27-50-29-48-25-23-44-19-12-33(42)52-35(5,6)7/h1H,9-29H2,2-7H3,(H,36,39)(H,37,40). The van der Waals surface area contributed by atoms with Gasteiger partial charge in [-0.3, -0.25) is 24.1 Å². The van der Waals surface area contributed by atoms with E-state index in [1.165, 1.54) is 0 Å². The molecule has 0 bridgehead atoms. The summed E-state index contributed by atoms with van der Waals surface area (Å²) in [5.74, 6) is 1.59. The molecule has 0 fully saturated rings. The molecular formula is C35H63N3O14. The van der Waals surface area contributed by atoms with E-state index in [9.17, 15) is 19.2 Å². The molecule has 0 spiro atoms. The number of esters is 2. The number of amides is 2. The summed E-state index contributed by atoms with van der Waals surface area (Å²) in [5, 5.41) is 5.52. The summed E-state index contributed by atoms with van der Waals surface area (Å²) in [6, 6.07) is 0. The van der Waals surface area contributed by atoms with Gasteiger partial charge in [0.15, 0.2) is 0 Å². The van der Waals surface area contributed by atoms with Crippen LogP contribution >= 0.6 is 0 Å². The van der Waals surface area contributed by atoms with Crippen molar-refractivity contribution in [1.82, 2.24) is 15.5 Å². The molecular weight excluding hydrogens is 686 g/mol. The molecule has 0 aromatic carbocycles. The number of rotatable bonds is 33. The maximum atomic E-state index is 12.2. The first-order chi connectivity index (χ1) is 24.7. The van der Waals surface area contributed by atoms with Crippen LogP contribution in [-0.4, -0.2) is 153 Å². The van der Waals surface area contributed by atoms with Crippen molar-refractivity contribution < 1.29 is 66.5 Å². The van der Waals surface area contributed by atoms with Gasteiger partial charge in [0, 0.05) is 39.0 Å². The van der Waals surface area contributed by atoms with Crippen LogP contribution in [-0.2, 0) is 66.5 Å². The molecule has 0 radical (unpaired) electrons. The quantitative estimate of drug-likeness (QED) is 0.0424. The molecule has 0 rings (SSSR count). The zero-order valence-corrected chi connectivity index (χ0v) is 32.1. The number of carbonyl (C=O) groups is 4. The first-order valence-electron chi connectivity index (χ1n) is 17.5. The van der Waals surface area contributed by atoms with Crippen LogP contribution in [0.1, 0.15) is 67.2 Å². The molecule has 0 aromatic rings. The Morgan fingerprint density at radius 2 is 0.885 bits per heavy atom. The third-order valence-electron chi connectivity index (χ3n) is 5.91. The summed E-state index contributed by atoms with van der Waals surface area (Å²) in [6.07, 6.45) is 6.23. The number of terminal acetylenes is 1. The van der Waals surface area contributed by atoms with Crippen molar-refractivity contribution in [2.45, 2.75) is 78.4 Å². The number of nitrogens with one attached hydrogen (secondary N) is 2. The highest BCUT2D eigenvalue weighted by Gasteiger charge is 2.17. The molecule has 0 aromatic heterocycles. The van der Waals surface area contributed by atoms with Gasteiger partial charge in [0.05, 0.1) is 72.2 Å². The summed E-state index contributed by atoms with van der Waals surface area (Å²) in [4.78, 5) is 49.4. The third-order valence-corrected chi connectivity index (χ3v) is 5.91. The molecule has 17 nitrogen and oxygen atoms in total. The van der Waals surface area contributed by atoms with E-state index in [1.54, 1.807) is 0 Å². The second kappa shape index (κ2) is 31.6. The summed E-state index contributed by atoms with van der Waals surface area (Å²) in [7, 11) is 0.